The number of nitrogens with zero attached hydrogens (tertiary/aromatic N) is 2. The van der Waals surface area contributed by atoms with E-state index in [1.807, 2.05) is 31.2 Å². The summed E-state index contributed by atoms with van der Waals surface area (Å²) < 4.78 is 28.3. The second-order valence-electron chi connectivity index (χ2n) is 7.57. The Kier molecular flexibility index (Phi) is 7.15. The van der Waals surface area contributed by atoms with Crippen LogP contribution in [0.3, 0.4) is 0 Å². The van der Waals surface area contributed by atoms with Crippen LogP contribution in [0.5, 0.6) is 0 Å². The second-order valence-corrected chi connectivity index (χ2v) is 9.76. The fourth-order valence-electron chi connectivity index (χ4n) is 3.15. The molecule has 0 aliphatic carbocycles. The van der Waals surface area contributed by atoms with Gasteiger partial charge in [-0.3, -0.25) is 4.79 Å². The zero-order valence-corrected chi connectivity index (χ0v) is 19.2. The van der Waals surface area contributed by atoms with Crippen molar-refractivity contribution >= 4 is 27.5 Å². The quantitative estimate of drug-likeness (QED) is 0.537. The molecule has 0 fully saturated rings. The Bertz CT molecular complexity index is 1170. The van der Waals surface area contributed by atoms with Crippen molar-refractivity contribution in [1.29, 1.82) is 0 Å². The highest BCUT2D eigenvalue weighted by Gasteiger charge is 2.16. The van der Waals surface area contributed by atoms with Gasteiger partial charge in [-0.2, -0.15) is 5.10 Å². The lowest BCUT2D eigenvalue weighted by Gasteiger charge is -2.10. The predicted molar refractivity (Wildman–Crippen MR) is 122 cm³/mol. The lowest BCUT2D eigenvalue weighted by atomic mass is 10.1. The molecule has 0 spiro atoms. The minimum absolute atomic E-state index is 0.0836. The number of hydrogen-bond donors (Lipinski definition) is 2. The molecule has 3 rings (SSSR count). The Morgan fingerprint density at radius 3 is 2.45 bits per heavy atom. The lowest BCUT2D eigenvalue weighted by molar-refractivity contribution is 0.0950. The van der Waals surface area contributed by atoms with E-state index in [-0.39, 0.29) is 17.7 Å². The molecule has 0 unspecified atom stereocenters. The summed E-state index contributed by atoms with van der Waals surface area (Å²) in [5.41, 5.74) is 3.51. The van der Waals surface area contributed by atoms with Gasteiger partial charge in [0, 0.05) is 17.6 Å². The van der Waals surface area contributed by atoms with E-state index in [1.54, 1.807) is 42.8 Å². The molecule has 9 heteroatoms. The monoisotopic (exact) mass is 460 g/mol. The van der Waals surface area contributed by atoms with E-state index in [1.165, 1.54) is 6.20 Å². The maximum absolute atomic E-state index is 12.6. The van der Waals surface area contributed by atoms with E-state index in [9.17, 15) is 13.2 Å². The van der Waals surface area contributed by atoms with Gasteiger partial charge in [0.2, 0.25) is 10.0 Å². The summed E-state index contributed by atoms with van der Waals surface area (Å²) in [6, 6.07) is 14.2. The van der Waals surface area contributed by atoms with E-state index in [0.29, 0.717) is 28.4 Å². The number of benzene rings is 2. The molecule has 0 radical (unpaired) electrons. The van der Waals surface area contributed by atoms with Gasteiger partial charge in [-0.15, -0.1) is 0 Å². The molecule has 164 valence electrons. The maximum Gasteiger partial charge on any atom is 0.255 e. The Labute approximate surface area is 187 Å². The average molecular weight is 461 g/mol. The summed E-state index contributed by atoms with van der Waals surface area (Å²) in [5.74, 6) is -0.321. The van der Waals surface area contributed by atoms with Crippen LogP contribution in [0.2, 0.25) is 5.02 Å². The molecule has 2 aromatic carbocycles. The predicted octanol–water partition coefficient (Wildman–Crippen LogP) is 3.59. The van der Waals surface area contributed by atoms with Crippen molar-refractivity contribution < 1.29 is 13.2 Å². The van der Waals surface area contributed by atoms with E-state index >= 15 is 0 Å². The van der Waals surface area contributed by atoms with Crippen LogP contribution in [-0.4, -0.2) is 30.1 Å². The van der Waals surface area contributed by atoms with Gasteiger partial charge in [0.1, 0.15) is 0 Å². The molecule has 2 N–H and O–H groups in total. The normalized spacial score (nSPS) is 11.6. The van der Waals surface area contributed by atoms with E-state index in [0.717, 1.165) is 11.3 Å². The maximum atomic E-state index is 12.6. The first-order valence-electron chi connectivity index (χ1n) is 9.81. The standard InChI is InChI=1S/C22H25ClN4O3S/c1-15(2)26-31(29,30)14-18-9-7-17(8-10-18)12-24-22(28)21-13-25-27(16(21)3)20-6-4-5-19(23)11-20/h4-11,13,15,26H,12,14H2,1-3H3,(H,24,28). The fraction of sp³-hybridized carbons (Fsp3) is 0.273. The Morgan fingerprint density at radius 1 is 1.13 bits per heavy atom. The second kappa shape index (κ2) is 9.64. The third-order valence-electron chi connectivity index (χ3n) is 4.56. The summed E-state index contributed by atoms with van der Waals surface area (Å²) >= 11 is 6.05. The number of carbonyl (C=O) groups excluding carboxylic acids is 1. The highest BCUT2D eigenvalue weighted by Crippen LogP contribution is 2.18. The smallest absolute Gasteiger partial charge is 0.255 e. The molecular weight excluding hydrogens is 436 g/mol. The third kappa shape index (κ3) is 6.16. The number of nitrogens with one attached hydrogen (secondary N) is 2. The molecule has 0 bridgehead atoms. The topological polar surface area (TPSA) is 93.1 Å². The highest BCUT2D eigenvalue weighted by atomic mass is 35.5. The summed E-state index contributed by atoms with van der Waals surface area (Å²) in [4.78, 5) is 12.6. The molecule has 1 heterocycles. The molecule has 0 atom stereocenters. The van der Waals surface area contributed by atoms with E-state index in [2.05, 4.69) is 15.1 Å². The molecular formula is C22H25ClN4O3S. The largest absolute Gasteiger partial charge is 0.348 e. The van der Waals surface area contributed by atoms with Gasteiger partial charge < -0.3 is 5.32 Å². The SMILES string of the molecule is Cc1c(C(=O)NCc2ccc(CS(=O)(=O)NC(C)C)cc2)cnn1-c1cccc(Cl)c1. The average Bonchev–Trinajstić information content (AvgIpc) is 3.07. The van der Waals surface area contributed by atoms with Gasteiger partial charge in [-0.1, -0.05) is 41.9 Å². The van der Waals surface area contributed by atoms with Gasteiger partial charge in [0.25, 0.3) is 5.91 Å². The first kappa shape index (κ1) is 23.0. The molecule has 0 saturated carbocycles. The number of aromatic nitrogens is 2. The number of carbonyl (C=O) groups is 1. The van der Waals surface area contributed by atoms with Gasteiger partial charge in [0.05, 0.1) is 28.9 Å². The van der Waals surface area contributed by atoms with Gasteiger partial charge in [-0.25, -0.2) is 17.8 Å². The van der Waals surface area contributed by atoms with Crippen molar-refractivity contribution in [2.45, 2.75) is 39.1 Å². The number of sulfonamides is 1. The van der Waals surface area contributed by atoms with E-state index in [4.69, 9.17) is 11.6 Å². The molecule has 7 nitrogen and oxygen atoms in total. The Hall–Kier alpha value is -2.68. The molecule has 3 aromatic rings. The zero-order chi connectivity index (χ0) is 22.6. The zero-order valence-electron chi connectivity index (χ0n) is 17.6. The highest BCUT2D eigenvalue weighted by molar-refractivity contribution is 7.88. The van der Waals surface area contributed by atoms with Crippen LogP contribution in [0.15, 0.2) is 54.7 Å². The van der Waals surface area contributed by atoms with Crippen molar-refractivity contribution in [3.63, 3.8) is 0 Å². The first-order chi connectivity index (χ1) is 14.6. The number of amides is 1. The summed E-state index contributed by atoms with van der Waals surface area (Å²) in [6.45, 7) is 5.70. The van der Waals surface area contributed by atoms with Gasteiger partial charge in [0.15, 0.2) is 0 Å². The summed E-state index contributed by atoms with van der Waals surface area (Å²) in [5, 5.41) is 7.77. The van der Waals surface area contributed by atoms with Crippen molar-refractivity contribution in [3.05, 3.63) is 82.1 Å². The van der Waals surface area contributed by atoms with Crippen LogP contribution in [0.4, 0.5) is 0 Å². The van der Waals surface area contributed by atoms with Gasteiger partial charge in [-0.05, 0) is 50.1 Å². The van der Waals surface area contributed by atoms with Crippen molar-refractivity contribution in [2.75, 3.05) is 0 Å². The Morgan fingerprint density at radius 2 is 1.81 bits per heavy atom. The van der Waals surface area contributed by atoms with Crippen molar-refractivity contribution in [1.82, 2.24) is 19.8 Å². The minimum atomic E-state index is -3.37. The van der Waals surface area contributed by atoms with Crippen LogP contribution in [0.25, 0.3) is 5.69 Å². The number of hydrogen-bond acceptors (Lipinski definition) is 4. The summed E-state index contributed by atoms with van der Waals surface area (Å²) in [7, 11) is -3.37. The molecule has 0 aliphatic heterocycles. The molecule has 31 heavy (non-hydrogen) atoms. The fourth-order valence-corrected chi connectivity index (χ4v) is 4.77. The van der Waals surface area contributed by atoms with Crippen LogP contribution in [0.1, 0.15) is 41.0 Å². The van der Waals surface area contributed by atoms with Crippen molar-refractivity contribution in [3.8, 4) is 5.69 Å². The van der Waals surface area contributed by atoms with Crippen LogP contribution in [0, 0.1) is 6.92 Å². The van der Waals surface area contributed by atoms with Crippen molar-refractivity contribution in [2.24, 2.45) is 0 Å². The Balaban J connectivity index is 1.62. The summed E-state index contributed by atoms with van der Waals surface area (Å²) in [6.07, 6.45) is 1.53. The third-order valence-corrected chi connectivity index (χ3v) is 6.33. The number of rotatable bonds is 8. The molecule has 0 aliphatic rings. The minimum Gasteiger partial charge on any atom is -0.348 e. The van der Waals surface area contributed by atoms with Crippen LogP contribution in [-0.2, 0) is 22.3 Å². The molecule has 1 aromatic heterocycles. The van der Waals surface area contributed by atoms with Gasteiger partial charge >= 0.3 is 0 Å². The molecule has 1 amide bonds. The first-order valence-corrected chi connectivity index (χ1v) is 11.8. The molecule has 0 saturated heterocycles. The lowest BCUT2D eigenvalue weighted by Crippen LogP contribution is -2.31. The number of halogens is 1. The van der Waals surface area contributed by atoms with E-state index < -0.39 is 10.0 Å². The van der Waals surface area contributed by atoms with Crippen LogP contribution < -0.4 is 10.0 Å². The van der Waals surface area contributed by atoms with Crippen LogP contribution >= 0.6 is 11.6 Å².